The molecule has 164 valence electrons. The van der Waals surface area contributed by atoms with Crippen LogP contribution in [0.1, 0.15) is 48.0 Å². The summed E-state index contributed by atoms with van der Waals surface area (Å²) in [4.78, 5) is 26.2. The zero-order chi connectivity index (χ0) is 21.9. The van der Waals surface area contributed by atoms with E-state index in [1.54, 1.807) is 20.8 Å². The van der Waals surface area contributed by atoms with Crippen LogP contribution in [0.15, 0.2) is 0 Å². The molecule has 1 saturated heterocycles. The number of likely N-dealkylation sites (tertiary alicyclic amines) is 1. The maximum atomic E-state index is 12.8. The third-order valence-electron chi connectivity index (χ3n) is 5.11. The van der Waals surface area contributed by atoms with Gasteiger partial charge in [0.2, 0.25) is 5.91 Å². The summed E-state index contributed by atoms with van der Waals surface area (Å²) in [7, 11) is -2.10. The molecule has 10 heteroatoms. The summed E-state index contributed by atoms with van der Waals surface area (Å²) in [5.74, 6) is -1.44. The molecule has 1 fully saturated rings. The van der Waals surface area contributed by atoms with Gasteiger partial charge in [-0.25, -0.2) is 13.9 Å². The standard InChI is InChI=1S/C18H35NO7SSi/c1-17(2,3)26-16(21)19-10-9-13(15(19)20)14(24-12-27(22)23)11-25-28(7,8)18(4,5)6/h13-14H,9-12H2,1-8H3,(H,22,23). The predicted octanol–water partition coefficient (Wildman–Crippen LogP) is 3.36. The SMILES string of the molecule is CC(C)(C)OC(=O)N1CCC(C(CO[Si](C)(C)C(C)(C)C)OCS(=O)O)C1=O. The van der Waals surface area contributed by atoms with Gasteiger partial charge in [-0.05, 0) is 45.3 Å². The van der Waals surface area contributed by atoms with Crippen molar-refractivity contribution in [3.63, 3.8) is 0 Å². The van der Waals surface area contributed by atoms with E-state index in [4.69, 9.17) is 18.5 Å². The molecule has 0 radical (unpaired) electrons. The molecule has 0 bridgehead atoms. The zero-order valence-electron chi connectivity index (χ0n) is 18.2. The maximum Gasteiger partial charge on any atom is 0.417 e. The van der Waals surface area contributed by atoms with Crippen molar-refractivity contribution in [3.8, 4) is 0 Å². The Morgan fingerprint density at radius 1 is 1.29 bits per heavy atom. The van der Waals surface area contributed by atoms with Gasteiger partial charge in [-0.1, -0.05) is 20.8 Å². The molecule has 1 aliphatic rings. The van der Waals surface area contributed by atoms with Gasteiger partial charge in [-0.3, -0.25) is 4.79 Å². The lowest BCUT2D eigenvalue weighted by molar-refractivity contribution is -0.135. The largest absolute Gasteiger partial charge is 0.443 e. The lowest BCUT2D eigenvalue weighted by Gasteiger charge is -2.37. The fourth-order valence-electron chi connectivity index (χ4n) is 2.48. The Morgan fingerprint density at radius 3 is 2.32 bits per heavy atom. The predicted molar refractivity (Wildman–Crippen MR) is 110 cm³/mol. The highest BCUT2D eigenvalue weighted by atomic mass is 32.2. The summed E-state index contributed by atoms with van der Waals surface area (Å²) in [5, 5.41) is -0.0282. The minimum absolute atomic E-state index is 0.0282. The third kappa shape index (κ3) is 7.22. The molecule has 0 saturated carbocycles. The zero-order valence-corrected chi connectivity index (χ0v) is 20.1. The number of carbonyl (C=O) groups is 2. The average molecular weight is 438 g/mol. The molecule has 3 unspecified atom stereocenters. The Labute approximate surface area is 171 Å². The van der Waals surface area contributed by atoms with Crippen LogP contribution in [0.25, 0.3) is 0 Å². The molecule has 1 N–H and O–H groups in total. The van der Waals surface area contributed by atoms with Crippen molar-refractivity contribution in [2.45, 2.75) is 77.8 Å². The van der Waals surface area contributed by atoms with E-state index in [-0.39, 0.29) is 18.2 Å². The van der Waals surface area contributed by atoms with Crippen LogP contribution < -0.4 is 0 Å². The molecule has 2 amide bonds. The highest BCUT2D eigenvalue weighted by Crippen LogP contribution is 2.37. The highest BCUT2D eigenvalue weighted by molar-refractivity contribution is 7.79. The summed E-state index contributed by atoms with van der Waals surface area (Å²) in [6.45, 7) is 16.0. The molecule has 0 aromatic heterocycles. The Morgan fingerprint density at radius 2 is 1.86 bits per heavy atom. The van der Waals surface area contributed by atoms with Crippen LogP contribution in [-0.2, 0) is 29.8 Å². The van der Waals surface area contributed by atoms with Crippen molar-refractivity contribution in [3.05, 3.63) is 0 Å². The number of amides is 2. The van der Waals surface area contributed by atoms with Crippen LogP contribution in [-0.4, -0.2) is 64.8 Å². The Bertz CT molecular complexity index is 598. The number of rotatable bonds is 7. The van der Waals surface area contributed by atoms with Gasteiger partial charge in [0.1, 0.15) is 11.5 Å². The Hall–Kier alpha value is -0.813. The summed E-state index contributed by atoms with van der Waals surface area (Å²) >= 11 is -2.15. The van der Waals surface area contributed by atoms with E-state index in [9.17, 15) is 13.8 Å². The molecule has 8 nitrogen and oxygen atoms in total. The van der Waals surface area contributed by atoms with Crippen molar-refractivity contribution in [2.24, 2.45) is 5.92 Å². The second kappa shape index (κ2) is 9.33. The van der Waals surface area contributed by atoms with Crippen LogP contribution in [0.2, 0.25) is 18.1 Å². The number of ether oxygens (including phenoxy) is 2. The number of nitrogens with zero attached hydrogens (tertiary/aromatic N) is 1. The van der Waals surface area contributed by atoms with E-state index in [2.05, 4.69) is 33.9 Å². The van der Waals surface area contributed by atoms with Crippen LogP contribution in [0.5, 0.6) is 0 Å². The number of imide groups is 1. The van der Waals surface area contributed by atoms with Gasteiger partial charge in [0.15, 0.2) is 19.4 Å². The minimum atomic E-state index is -2.15. The molecular formula is C18H35NO7SSi. The summed E-state index contributed by atoms with van der Waals surface area (Å²) in [5.41, 5.74) is -0.704. The first-order valence-electron chi connectivity index (χ1n) is 9.42. The van der Waals surface area contributed by atoms with Crippen molar-refractivity contribution in [1.82, 2.24) is 4.90 Å². The van der Waals surface area contributed by atoms with E-state index < -0.39 is 55.0 Å². The van der Waals surface area contributed by atoms with E-state index in [0.717, 1.165) is 4.90 Å². The molecule has 0 aliphatic carbocycles. The van der Waals surface area contributed by atoms with Gasteiger partial charge in [-0.15, -0.1) is 0 Å². The Balaban J connectivity index is 2.89. The monoisotopic (exact) mass is 437 g/mol. The van der Waals surface area contributed by atoms with E-state index in [1.165, 1.54) is 0 Å². The average Bonchev–Trinajstić information content (AvgIpc) is 2.86. The van der Waals surface area contributed by atoms with Crippen LogP contribution in [0.4, 0.5) is 4.79 Å². The second-order valence-corrected chi connectivity index (χ2v) is 15.3. The van der Waals surface area contributed by atoms with Gasteiger partial charge in [0.05, 0.1) is 18.6 Å². The summed E-state index contributed by atoms with van der Waals surface area (Å²) in [6.07, 6.45) is -0.998. The van der Waals surface area contributed by atoms with Crippen LogP contribution >= 0.6 is 0 Å². The van der Waals surface area contributed by atoms with Crippen molar-refractivity contribution >= 4 is 31.4 Å². The quantitative estimate of drug-likeness (QED) is 0.481. The van der Waals surface area contributed by atoms with Gasteiger partial charge < -0.3 is 18.5 Å². The van der Waals surface area contributed by atoms with E-state index in [1.807, 2.05) is 0 Å². The van der Waals surface area contributed by atoms with Gasteiger partial charge in [0.25, 0.3) is 0 Å². The van der Waals surface area contributed by atoms with Crippen LogP contribution in [0, 0.1) is 5.92 Å². The fraction of sp³-hybridized carbons (Fsp3) is 0.889. The molecule has 1 rings (SSSR count). The molecule has 1 aliphatic heterocycles. The first-order chi connectivity index (χ1) is 12.5. The molecule has 0 aromatic carbocycles. The van der Waals surface area contributed by atoms with Crippen molar-refractivity contribution in [1.29, 1.82) is 0 Å². The van der Waals surface area contributed by atoms with Gasteiger partial charge in [-0.2, -0.15) is 0 Å². The lowest BCUT2D eigenvalue weighted by Crippen LogP contribution is -2.46. The molecule has 28 heavy (non-hydrogen) atoms. The normalized spacial score (nSPS) is 21.0. The first kappa shape index (κ1) is 25.2. The van der Waals surface area contributed by atoms with Crippen LogP contribution in [0.3, 0.4) is 0 Å². The first-order valence-corrected chi connectivity index (χ1v) is 13.6. The van der Waals surface area contributed by atoms with Gasteiger partial charge in [0, 0.05) is 6.54 Å². The van der Waals surface area contributed by atoms with Crippen molar-refractivity contribution < 1.29 is 32.3 Å². The van der Waals surface area contributed by atoms with E-state index in [0.29, 0.717) is 6.42 Å². The molecule has 3 atom stereocenters. The third-order valence-corrected chi connectivity index (χ3v) is 9.95. The number of carbonyl (C=O) groups excluding carboxylic acids is 2. The molecule has 1 heterocycles. The molecule has 0 aromatic rings. The summed E-state index contributed by atoms with van der Waals surface area (Å²) < 4.78 is 37.2. The topological polar surface area (TPSA) is 102 Å². The molecular weight excluding hydrogens is 402 g/mol. The van der Waals surface area contributed by atoms with E-state index >= 15 is 0 Å². The maximum absolute atomic E-state index is 12.8. The minimum Gasteiger partial charge on any atom is -0.443 e. The lowest BCUT2D eigenvalue weighted by atomic mass is 10.0. The highest BCUT2D eigenvalue weighted by Gasteiger charge is 2.44. The Kier molecular flexibility index (Phi) is 8.41. The number of hydrogen-bond acceptors (Lipinski definition) is 6. The van der Waals surface area contributed by atoms with Gasteiger partial charge >= 0.3 is 6.09 Å². The second-order valence-electron chi connectivity index (χ2n) is 9.58. The summed E-state index contributed by atoms with van der Waals surface area (Å²) in [6, 6.07) is 0. The smallest absolute Gasteiger partial charge is 0.417 e. The fourth-order valence-corrected chi connectivity index (χ4v) is 3.78. The van der Waals surface area contributed by atoms with Crippen molar-refractivity contribution in [2.75, 3.05) is 19.1 Å². The molecule has 0 spiro atoms. The number of hydrogen-bond donors (Lipinski definition) is 1.